The number of aromatic hydroxyl groups is 1. The van der Waals surface area contributed by atoms with Gasteiger partial charge in [0.15, 0.2) is 17.6 Å². The summed E-state index contributed by atoms with van der Waals surface area (Å²) in [6.07, 6.45) is 4.14. The van der Waals surface area contributed by atoms with Gasteiger partial charge in [-0.3, -0.25) is 4.90 Å². The SMILES string of the molecule is Nc1c2c(nc3ccccc13)[C@@H]1Oc3c(O)ccc4c3[C@@]13CCN(CC1CC1)[C@@H](C4)[C@]3(O)C2. The fraction of sp³-hybridized carbons (Fsp3) is 0.444. The highest BCUT2D eigenvalue weighted by Crippen LogP contribution is 2.69. The third-order valence-corrected chi connectivity index (χ3v) is 9.28. The molecule has 5 aliphatic rings. The van der Waals surface area contributed by atoms with E-state index in [0.29, 0.717) is 17.9 Å². The van der Waals surface area contributed by atoms with Crippen LogP contribution in [0.25, 0.3) is 10.9 Å². The van der Waals surface area contributed by atoms with Gasteiger partial charge >= 0.3 is 0 Å². The minimum absolute atomic E-state index is 0.0000341. The molecule has 0 unspecified atom stereocenters. The minimum atomic E-state index is -1.03. The second-order valence-corrected chi connectivity index (χ2v) is 10.8. The van der Waals surface area contributed by atoms with Crippen LogP contribution in [0.1, 0.15) is 47.8 Å². The van der Waals surface area contributed by atoms with Gasteiger partial charge in [0.2, 0.25) is 0 Å². The Labute approximate surface area is 192 Å². The second-order valence-electron chi connectivity index (χ2n) is 10.8. The van der Waals surface area contributed by atoms with Gasteiger partial charge in [-0.05, 0) is 55.8 Å². The molecular weight excluding hydrogens is 414 g/mol. The number of nitrogens with two attached hydrogens (primary N) is 1. The van der Waals surface area contributed by atoms with Crippen LogP contribution >= 0.6 is 0 Å². The zero-order valence-electron chi connectivity index (χ0n) is 18.4. The van der Waals surface area contributed by atoms with Gasteiger partial charge in [0.1, 0.15) is 0 Å². The molecule has 8 rings (SSSR count). The molecule has 2 bridgehead atoms. The summed E-state index contributed by atoms with van der Waals surface area (Å²) in [7, 11) is 0. The largest absolute Gasteiger partial charge is 0.504 e. The number of aliphatic hydroxyl groups is 1. The fourth-order valence-corrected chi connectivity index (χ4v) is 7.62. The fourth-order valence-electron chi connectivity index (χ4n) is 7.62. The van der Waals surface area contributed by atoms with Crippen molar-refractivity contribution in [3.63, 3.8) is 0 Å². The number of aromatic nitrogens is 1. The summed E-state index contributed by atoms with van der Waals surface area (Å²) in [5.74, 6) is 1.43. The van der Waals surface area contributed by atoms with Gasteiger partial charge in [-0.1, -0.05) is 24.3 Å². The van der Waals surface area contributed by atoms with E-state index >= 15 is 0 Å². The van der Waals surface area contributed by atoms with Crippen molar-refractivity contribution in [3.8, 4) is 11.5 Å². The number of piperidine rings is 1. The number of fused-ring (bicyclic) bond motifs is 3. The summed E-state index contributed by atoms with van der Waals surface area (Å²) in [6.45, 7) is 1.98. The van der Waals surface area contributed by atoms with Crippen LogP contribution in [0.3, 0.4) is 0 Å². The van der Waals surface area contributed by atoms with Crippen LogP contribution in [0.2, 0.25) is 0 Å². The molecule has 4 N–H and O–H groups in total. The predicted molar refractivity (Wildman–Crippen MR) is 124 cm³/mol. The standard InChI is InChI=1S/C27H27N3O3/c28-22-16-3-1-2-4-18(16)29-23-17(22)12-27(32)20-11-15-7-8-19(31)24-21(15)26(27,25(23)33-24)9-10-30(20)13-14-5-6-14/h1-4,7-8,14,20,25,31-32H,5-6,9-13H2,(H2,28,29)/t20-,25-,26-,27+/m0/s1. The lowest BCUT2D eigenvalue weighted by molar-refractivity contribution is -0.173. The number of hydrogen-bond acceptors (Lipinski definition) is 6. The number of nitrogen functional groups attached to an aromatic ring is 1. The van der Waals surface area contributed by atoms with Crippen LogP contribution in [-0.2, 0) is 18.3 Å². The lowest BCUT2D eigenvalue weighted by Gasteiger charge is -2.63. The average molecular weight is 442 g/mol. The number of para-hydroxylation sites is 1. The highest BCUT2D eigenvalue weighted by atomic mass is 16.5. The van der Waals surface area contributed by atoms with E-state index in [0.717, 1.165) is 59.6 Å². The van der Waals surface area contributed by atoms with Gasteiger partial charge < -0.3 is 20.7 Å². The molecule has 33 heavy (non-hydrogen) atoms. The monoisotopic (exact) mass is 441 g/mol. The maximum atomic E-state index is 12.8. The molecule has 0 amide bonds. The third-order valence-electron chi connectivity index (χ3n) is 9.28. The summed E-state index contributed by atoms with van der Waals surface area (Å²) in [6, 6.07) is 11.7. The summed E-state index contributed by atoms with van der Waals surface area (Å²) in [4.78, 5) is 7.59. The maximum Gasteiger partial charge on any atom is 0.166 e. The van der Waals surface area contributed by atoms with Crippen molar-refractivity contribution in [1.29, 1.82) is 0 Å². The van der Waals surface area contributed by atoms with Gasteiger partial charge in [0, 0.05) is 41.2 Å². The van der Waals surface area contributed by atoms with E-state index in [1.807, 2.05) is 30.3 Å². The highest BCUT2D eigenvalue weighted by Gasteiger charge is 2.73. The minimum Gasteiger partial charge on any atom is -0.504 e. The second kappa shape index (κ2) is 5.80. The number of hydrogen-bond donors (Lipinski definition) is 3. The number of ether oxygens (including phenoxy) is 1. The summed E-state index contributed by atoms with van der Waals surface area (Å²) < 4.78 is 6.59. The molecule has 168 valence electrons. The van der Waals surface area contributed by atoms with E-state index in [9.17, 15) is 10.2 Å². The Bertz CT molecular complexity index is 1370. The van der Waals surface area contributed by atoms with Crippen molar-refractivity contribution in [2.24, 2.45) is 5.92 Å². The molecule has 1 spiro atoms. The van der Waals surface area contributed by atoms with Crippen LogP contribution < -0.4 is 10.5 Å². The van der Waals surface area contributed by atoms with Crippen molar-refractivity contribution in [2.75, 3.05) is 18.8 Å². The Hall–Kier alpha value is -2.83. The molecule has 6 heteroatoms. The number of nitrogens with zero attached hydrogens (tertiary/aromatic N) is 2. The number of likely N-dealkylation sites (tertiary alicyclic amines) is 1. The van der Waals surface area contributed by atoms with Crippen LogP contribution in [0.4, 0.5) is 5.69 Å². The summed E-state index contributed by atoms with van der Waals surface area (Å²) >= 11 is 0. The molecule has 4 atom stereocenters. The van der Waals surface area contributed by atoms with Gasteiger partial charge in [-0.25, -0.2) is 4.98 Å². The Balaban J connectivity index is 1.43. The van der Waals surface area contributed by atoms with Crippen LogP contribution in [0, 0.1) is 5.92 Å². The summed E-state index contributed by atoms with van der Waals surface area (Å²) in [5, 5.41) is 24.5. The smallest absolute Gasteiger partial charge is 0.166 e. The maximum absolute atomic E-state index is 12.8. The van der Waals surface area contributed by atoms with Crippen LogP contribution in [0.15, 0.2) is 36.4 Å². The third kappa shape index (κ3) is 2.06. The lowest BCUT2D eigenvalue weighted by Crippen LogP contribution is -2.74. The van der Waals surface area contributed by atoms with E-state index < -0.39 is 17.1 Å². The molecular formula is C27H27N3O3. The van der Waals surface area contributed by atoms with Crippen molar-refractivity contribution in [1.82, 2.24) is 9.88 Å². The average Bonchev–Trinajstić information content (AvgIpc) is 3.55. The molecule has 0 radical (unpaired) electrons. The molecule has 6 nitrogen and oxygen atoms in total. The van der Waals surface area contributed by atoms with Crippen LogP contribution in [0.5, 0.6) is 11.5 Å². The first kappa shape index (κ1) is 18.6. The number of rotatable bonds is 2. The Morgan fingerprint density at radius 1 is 1.18 bits per heavy atom. The molecule has 3 aromatic rings. The van der Waals surface area contributed by atoms with Crippen molar-refractivity contribution in [3.05, 3.63) is 58.8 Å². The van der Waals surface area contributed by atoms with E-state index in [4.69, 9.17) is 15.5 Å². The molecule has 2 fully saturated rings. The number of phenolic OH excluding ortho intramolecular Hbond substituents is 1. The van der Waals surface area contributed by atoms with Crippen molar-refractivity contribution >= 4 is 16.6 Å². The first-order valence-electron chi connectivity index (χ1n) is 12.2. The molecule has 2 aromatic carbocycles. The normalized spacial score (nSPS) is 33.5. The molecule has 1 saturated heterocycles. The topological polar surface area (TPSA) is 91.8 Å². The quantitative estimate of drug-likeness (QED) is 0.566. The highest BCUT2D eigenvalue weighted by molar-refractivity contribution is 5.92. The Morgan fingerprint density at radius 2 is 2.03 bits per heavy atom. The van der Waals surface area contributed by atoms with E-state index in [1.54, 1.807) is 6.07 Å². The van der Waals surface area contributed by atoms with Gasteiger partial charge in [0.25, 0.3) is 0 Å². The van der Waals surface area contributed by atoms with Gasteiger partial charge in [-0.2, -0.15) is 0 Å². The number of benzene rings is 2. The summed E-state index contributed by atoms with van der Waals surface area (Å²) in [5.41, 5.74) is 10.6. The molecule has 1 aromatic heterocycles. The van der Waals surface area contributed by atoms with Gasteiger partial charge in [-0.15, -0.1) is 0 Å². The van der Waals surface area contributed by atoms with Crippen molar-refractivity contribution in [2.45, 2.75) is 55.3 Å². The predicted octanol–water partition coefficient (Wildman–Crippen LogP) is 3.22. The van der Waals surface area contributed by atoms with Crippen molar-refractivity contribution < 1.29 is 14.9 Å². The van der Waals surface area contributed by atoms with E-state index in [1.165, 1.54) is 18.4 Å². The van der Waals surface area contributed by atoms with E-state index in [2.05, 4.69) is 4.90 Å². The molecule has 3 heterocycles. The Morgan fingerprint density at radius 3 is 2.88 bits per heavy atom. The Kier molecular flexibility index (Phi) is 3.27. The first-order valence-corrected chi connectivity index (χ1v) is 12.2. The van der Waals surface area contributed by atoms with Gasteiger partial charge in [0.05, 0.1) is 22.2 Å². The number of phenols is 1. The molecule has 2 aliphatic heterocycles. The van der Waals surface area contributed by atoms with E-state index in [-0.39, 0.29) is 11.8 Å². The number of pyridine rings is 1. The molecule has 3 aliphatic carbocycles. The molecule has 1 saturated carbocycles. The zero-order valence-corrected chi connectivity index (χ0v) is 18.4. The van der Waals surface area contributed by atoms with Crippen LogP contribution in [-0.4, -0.2) is 44.8 Å². The first-order chi connectivity index (χ1) is 16.0. The lowest BCUT2D eigenvalue weighted by atomic mass is 9.48. The number of anilines is 1. The zero-order chi connectivity index (χ0) is 22.1.